The van der Waals surface area contributed by atoms with Crippen molar-refractivity contribution in [3.05, 3.63) is 47.3 Å². The molecule has 2 aromatic rings. The summed E-state index contributed by atoms with van der Waals surface area (Å²) in [5, 5.41) is 9.11. The van der Waals surface area contributed by atoms with Crippen LogP contribution in [-0.2, 0) is 4.79 Å². The quantitative estimate of drug-likeness (QED) is 0.885. The third-order valence-corrected chi connectivity index (χ3v) is 3.98. The largest absolute Gasteiger partial charge is 0.481 e. The minimum Gasteiger partial charge on any atom is -0.481 e. The summed E-state index contributed by atoms with van der Waals surface area (Å²) in [5.74, 6) is -1.12. The summed E-state index contributed by atoms with van der Waals surface area (Å²) in [6.07, 6.45) is 0.629. The number of rotatable bonds is 4. The number of aliphatic carboxylic acids is 1. The van der Waals surface area contributed by atoms with Gasteiger partial charge in [0.15, 0.2) is 0 Å². The molecule has 0 saturated heterocycles. The van der Waals surface area contributed by atoms with E-state index in [4.69, 9.17) is 5.11 Å². The topological polar surface area (TPSA) is 37.3 Å². The lowest BCUT2D eigenvalue weighted by atomic mass is 10.1. The SMILES string of the molecule is CCC(C(=O)O)c1ccc(-c2ccccc2)s1. The number of carboxylic acid groups (broad SMARTS) is 1. The predicted octanol–water partition coefficient (Wildman–Crippen LogP) is 3.99. The van der Waals surface area contributed by atoms with Crippen LogP contribution >= 0.6 is 11.3 Å². The Kier molecular flexibility index (Phi) is 3.59. The van der Waals surface area contributed by atoms with Crippen LogP contribution in [-0.4, -0.2) is 11.1 Å². The average Bonchev–Trinajstić information content (AvgIpc) is 2.80. The van der Waals surface area contributed by atoms with Gasteiger partial charge in [0.2, 0.25) is 0 Å². The first-order chi connectivity index (χ1) is 8.22. The Labute approximate surface area is 105 Å². The average molecular weight is 246 g/mol. The van der Waals surface area contributed by atoms with Gasteiger partial charge in [0, 0.05) is 9.75 Å². The van der Waals surface area contributed by atoms with E-state index in [1.807, 2.05) is 49.4 Å². The van der Waals surface area contributed by atoms with Gasteiger partial charge in [-0.25, -0.2) is 0 Å². The Balaban J connectivity index is 2.30. The van der Waals surface area contributed by atoms with Crippen LogP contribution in [0.5, 0.6) is 0 Å². The van der Waals surface area contributed by atoms with E-state index in [-0.39, 0.29) is 5.92 Å². The van der Waals surface area contributed by atoms with E-state index in [1.54, 1.807) is 11.3 Å². The van der Waals surface area contributed by atoms with E-state index < -0.39 is 5.97 Å². The smallest absolute Gasteiger partial charge is 0.311 e. The molecule has 0 radical (unpaired) electrons. The summed E-state index contributed by atoms with van der Waals surface area (Å²) in [5.41, 5.74) is 1.14. The highest BCUT2D eigenvalue weighted by molar-refractivity contribution is 7.15. The summed E-state index contributed by atoms with van der Waals surface area (Å²) in [6.45, 7) is 1.90. The Morgan fingerprint density at radius 3 is 2.53 bits per heavy atom. The van der Waals surface area contributed by atoms with Gasteiger partial charge in [-0.05, 0) is 24.1 Å². The molecule has 0 aliphatic carbocycles. The van der Waals surface area contributed by atoms with Crippen LogP contribution in [0.1, 0.15) is 24.1 Å². The van der Waals surface area contributed by atoms with Crippen LogP contribution in [0.3, 0.4) is 0 Å². The highest BCUT2D eigenvalue weighted by atomic mass is 32.1. The molecule has 0 fully saturated rings. The predicted molar refractivity (Wildman–Crippen MR) is 70.4 cm³/mol. The van der Waals surface area contributed by atoms with Crippen molar-refractivity contribution >= 4 is 17.3 Å². The van der Waals surface area contributed by atoms with Crippen LogP contribution in [0.25, 0.3) is 10.4 Å². The first kappa shape index (κ1) is 11.9. The minimum absolute atomic E-state index is 0.377. The van der Waals surface area contributed by atoms with Gasteiger partial charge in [-0.1, -0.05) is 37.3 Å². The van der Waals surface area contributed by atoms with Crippen molar-refractivity contribution in [1.82, 2.24) is 0 Å². The number of thiophene rings is 1. The molecule has 0 bridgehead atoms. The van der Waals surface area contributed by atoms with Crippen LogP contribution in [0, 0.1) is 0 Å². The zero-order valence-electron chi connectivity index (χ0n) is 9.59. The lowest BCUT2D eigenvalue weighted by Gasteiger charge is -2.05. The van der Waals surface area contributed by atoms with Crippen molar-refractivity contribution in [1.29, 1.82) is 0 Å². The highest BCUT2D eigenvalue weighted by Gasteiger charge is 2.19. The van der Waals surface area contributed by atoms with Crippen LogP contribution in [0.2, 0.25) is 0 Å². The molecule has 0 aliphatic rings. The Morgan fingerprint density at radius 1 is 1.24 bits per heavy atom. The molecule has 2 rings (SSSR count). The van der Waals surface area contributed by atoms with Gasteiger partial charge in [0.05, 0.1) is 5.92 Å². The van der Waals surface area contributed by atoms with E-state index >= 15 is 0 Å². The van der Waals surface area contributed by atoms with Crippen molar-refractivity contribution in [2.45, 2.75) is 19.3 Å². The molecule has 0 amide bonds. The number of benzene rings is 1. The molecule has 88 valence electrons. The number of carboxylic acids is 1. The standard InChI is InChI=1S/C14H14O2S/c1-2-11(14(15)16)13-9-8-12(17-13)10-6-4-3-5-7-10/h3-9,11H,2H2,1H3,(H,15,16). The van der Waals surface area contributed by atoms with Gasteiger partial charge >= 0.3 is 5.97 Å². The van der Waals surface area contributed by atoms with E-state index in [1.165, 1.54) is 0 Å². The fourth-order valence-corrected chi connectivity index (χ4v) is 2.98. The first-order valence-electron chi connectivity index (χ1n) is 5.60. The molecule has 0 saturated carbocycles. The fraction of sp³-hybridized carbons (Fsp3) is 0.214. The molecule has 1 atom stereocenters. The molecule has 1 N–H and O–H groups in total. The Bertz CT molecular complexity index is 502. The van der Waals surface area contributed by atoms with Crippen LogP contribution < -0.4 is 0 Å². The third-order valence-electron chi connectivity index (χ3n) is 2.73. The van der Waals surface area contributed by atoms with Crippen molar-refractivity contribution in [2.24, 2.45) is 0 Å². The molecule has 1 heterocycles. The second-order valence-corrected chi connectivity index (χ2v) is 4.98. The Hall–Kier alpha value is -1.61. The zero-order chi connectivity index (χ0) is 12.3. The molecule has 1 aromatic heterocycles. The third kappa shape index (κ3) is 2.56. The molecule has 3 heteroatoms. The maximum absolute atomic E-state index is 11.1. The first-order valence-corrected chi connectivity index (χ1v) is 6.42. The summed E-state index contributed by atoms with van der Waals surface area (Å²) < 4.78 is 0. The van der Waals surface area contributed by atoms with Gasteiger partial charge in [-0.2, -0.15) is 0 Å². The van der Waals surface area contributed by atoms with Gasteiger partial charge in [0.1, 0.15) is 0 Å². The van der Waals surface area contributed by atoms with Gasteiger partial charge in [-0.15, -0.1) is 11.3 Å². The van der Waals surface area contributed by atoms with Crippen molar-refractivity contribution in [2.75, 3.05) is 0 Å². The fourth-order valence-electron chi connectivity index (χ4n) is 1.80. The molecule has 1 unspecified atom stereocenters. The van der Waals surface area contributed by atoms with Crippen LogP contribution in [0.15, 0.2) is 42.5 Å². The normalized spacial score (nSPS) is 12.3. The second-order valence-electron chi connectivity index (χ2n) is 3.87. The summed E-state index contributed by atoms with van der Waals surface area (Å²) >= 11 is 1.57. The molecule has 1 aromatic carbocycles. The minimum atomic E-state index is -0.742. The van der Waals surface area contributed by atoms with Crippen molar-refractivity contribution < 1.29 is 9.90 Å². The molecule has 0 spiro atoms. The number of hydrogen-bond donors (Lipinski definition) is 1. The highest BCUT2D eigenvalue weighted by Crippen LogP contribution is 2.33. The zero-order valence-corrected chi connectivity index (χ0v) is 10.4. The maximum atomic E-state index is 11.1. The van der Waals surface area contributed by atoms with E-state index in [9.17, 15) is 4.79 Å². The van der Waals surface area contributed by atoms with E-state index in [2.05, 4.69) is 0 Å². The van der Waals surface area contributed by atoms with E-state index in [0.717, 1.165) is 15.3 Å². The number of hydrogen-bond acceptors (Lipinski definition) is 2. The van der Waals surface area contributed by atoms with Crippen LogP contribution in [0.4, 0.5) is 0 Å². The lowest BCUT2D eigenvalue weighted by Crippen LogP contribution is -2.08. The summed E-state index contributed by atoms with van der Waals surface area (Å²) in [7, 11) is 0. The van der Waals surface area contributed by atoms with E-state index in [0.29, 0.717) is 6.42 Å². The summed E-state index contributed by atoms with van der Waals surface area (Å²) in [4.78, 5) is 13.1. The second kappa shape index (κ2) is 5.15. The van der Waals surface area contributed by atoms with Gasteiger partial charge in [0.25, 0.3) is 0 Å². The van der Waals surface area contributed by atoms with Gasteiger partial charge < -0.3 is 5.11 Å². The number of carbonyl (C=O) groups is 1. The monoisotopic (exact) mass is 246 g/mol. The van der Waals surface area contributed by atoms with Crippen molar-refractivity contribution in [3.63, 3.8) is 0 Å². The summed E-state index contributed by atoms with van der Waals surface area (Å²) in [6, 6.07) is 14.0. The van der Waals surface area contributed by atoms with Gasteiger partial charge in [-0.3, -0.25) is 4.79 Å². The van der Waals surface area contributed by atoms with Crippen molar-refractivity contribution in [3.8, 4) is 10.4 Å². The lowest BCUT2D eigenvalue weighted by molar-refractivity contribution is -0.138. The molecule has 2 nitrogen and oxygen atoms in total. The molecule has 17 heavy (non-hydrogen) atoms. The Morgan fingerprint density at radius 2 is 1.94 bits per heavy atom. The molecular weight excluding hydrogens is 232 g/mol. The molecular formula is C14H14O2S. The maximum Gasteiger partial charge on any atom is 0.311 e. The molecule has 0 aliphatic heterocycles.